The summed E-state index contributed by atoms with van der Waals surface area (Å²) in [6.07, 6.45) is 4.26. The van der Waals surface area contributed by atoms with Crippen LogP contribution in [0.1, 0.15) is 46.0 Å². The summed E-state index contributed by atoms with van der Waals surface area (Å²) in [5.41, 5.74) is -0.382. The molecule has 0 aromatic rings. The number of fused-ring (bicyclic) bond motifs is 1. The summed E-state index contributed by atoms with van der Waals surface area (Å²) in [5.74, 6) is -0.135. The number of nitrogens with zero attached hydrogens (tertiary/aromatic N) is 1. The third-order valence-electron chi connectivity index (χ3n) is 5.50. The van der Waals surface area contributed by atoms with Crippen LogP contribution >= 0.6 is 12.4 Å². The van der Waals surface area contributed by atoms with Gasteiger partial charge >= 0.3 is 0 Å². The summed E-state index contributed by atoms with van der Waals surface area (Å²) < 4.78 is 0. The molecule has 2 heterocycles. The summed E-state index contributed by atoms with van der Waals surface area (Å²) in [5, 5.41) is 6.22. The lowest BCUT2D eigenvalue weighted by Gasteiger charge is -2.37. The fraction of sp³-hybridized carbons (Fsp3) is 0.812. The van der Waals surface area contributed by atoms with E-state index in [1.807, 2.05) is 13.8 Å². The number of hydrogen-bond acceptors (Lipinski definition) is 4. The van der Waals surface area contributed by atoms with E-state index < -0.39 is 6.04 Å². The van der Waals surface area contributed by atoms with E-state index in [4.69, 9.17) is 0 Å². The summed E-state index contributed by atoms with van der Waals surface area (Å²) in [6.45, 7) is 5.20. The van der Waals surface area contributed by atoms with Gasteiger partial charge in [0.2, 0.25) is 11.8 Å². The van der Waals surface area contributed by atoms with Crippen LogP contribution in [0.3, 0.4) is 0 Å². The fourth-order valence-corrected chi connectivity index (χ4v) is 4.30. The van der Waals surface area contributed by atoms with E-state index in [2.05, 4.69) is 10.6 Å². The molecule has 0 bridgehead atoms. The smallest absolute Gasteiger partial charge is 0.252 e. The molecule has 2 saturated heterocycles. The Labute approximate surface area is 143 Å². The number of carbonyl (C=O) groups excluding carboxylic acids is 3. The maximum absolute atomic E-state index is 12.9. The van der Waals surface area contributed by atoms with E-state index in [1.165, 1.54) is 11.3 Å². The van der Waals surface area contributed by atoms with Gasteiger partial charge in [0.1, 0.15) is 6.04 Å². The van der Waals surface area contributed by atoms with Gasteiger partial charge in [-0.1, -0.05) is 12.8 Å². The molecular formula is C16H26ClN3O3. The first-order valence-corrected chi connectivity index (χ1v) is 8.33. The number of amides is 3. The van der Waals surface area contributed by atoms with Crippen LogP contribution in [0.4, 0.5) is 0 Å². The number of carbonyl (C=O) groups is 3. The van der Waals surface area contributed by atoms with Gasteiger partial charge in [-0.05, 0) is 39.2 Å². The summed E-state index contributed by atoms with van der Waals surface area (Å²) in [4.78, 5) is 38.4. The molecule has 3 aliphatic rings. The van der Waals surface area contributed by atoms with E-state index in [0.29, 0.717) is 12.5 Å². The van der Waals surface area contributed by atoms with Crippen molar-refractivity contribution in [2.45, 2.75) is 58.0 Å². The molecule has 3 rings (SSSR count). The van der Waals surface area contributed by atoms with Gasteiger partial charge in [-0.3, -0.25) is 19.3 Å². The first kappa shape index (κ1) is 18.2. The van der Waals surface area contributed by atoms with E-state index in [1.54, 1.807) is 0 Å². The van der Waals surface area contributed by atoms with E-state index in [9.17, 15) is 14.4 Å². The highest BCUT2D eigenvalue weighted by Crippen LogP contribution is 2.44. The molecule has 1 aliphatic carbocycles. The van der Waals surface area contributed by atoms with Gasteiger partial charge in [0, 0.05) is 12.6 Å². The van der Waals surface area contributed by atoms with Crippen molar-refractivity contribution in [3.8, 4) is 0 Å². The molecule has 1 unspecified atom stereocenters. The predicted octanol–water partition coefficient (Wildman–Crippen LogP) is 0.840. The van der Waals surface area contributed by atoms with Gasteiger partial charge < -0.3 is 10.6 Å². The quantitative estimate of drug-likeness (QED) is 0.744. The molecule has 1 saturated carbocycles. The minimum atomic E-state index is -0.681. The van der Waals surface area contributed by atoms with Crippen molar-refractivity contribution in [2.24, 2.45) is 11.3 Å². The lowest BCUT2D eigenvalue weighted by Crippen LogP contribution is -2.52. The van der Waals surface area contributed by atoms with Crippen molar-refractivity contribution in [3.63, 3.8) is 0 Å². The fourth-order valence-electron chi connectivity index (χ4n) is 4.30. The molecule has 0 aromatic heterocycles. The van der Waals surface area contributed by atoms with Crippen LogP contribution in [0.2, 0.25) is 0 Å². The van der Waals surface area contributed by atoms with Gasteiger partial charge in [0.05, 0.1) is 11.8 Å². The zero-order valence-corrected chi connectivity index (χ0v) is 14.6. The Morgan fingerprint density at radius 2 is 2.09 bits per heavy atom. The Balaban J connectivity index is 0.00000192. The number of imide groups is 1. The third-order valence-corrected chi connectivity index (χ3v) is 5.50. The average Bonchev–Trinajstić information content (AvgIpc) is 3.01. The maximum Gasteiger partial charge on any atom is 0.252 e. The van der Waals surface area contributed by atoms with Gasteiger partial charge in [-0.25, -0.2) is 0 Å². The topological polar surface area (TPSA) is 78.5 Å². The van der Waals surface area contributed by atoms with E-state index >= 15 is 0 Å². The van der Waals surface area contributed by atoms with Crippen LogP contribution in [0.25, 0.3) is 0 Å². The number of likely N-dealkylation sites (tertiary alicyclic amines) is 1. The Morgan fingerprint density at radius 3 is 2.74 bits per heavy atom. The van der Waals surface area contributed by atoms with Crippen LogP contribution in [0, 0.1) is 11.3 Å². The highest BCUT2D eigenvalue weighted by Gasteiger charge is 2.51. The molecule has 3 atom stereocenters. The lowest BCUT2D eigenvalue weighted by molar-refractivity contribution is -0.143. The Hall–Kier alpha value is -1.14. The molecular weight excluding hydrogens is 318 g/mol. The van der Waals surface area contributed by atoms with Crippen molar-refractivity contribution in [1.82, 2.24) is 15.5 Å². The molecule has 3 amide bonds. The van der Waals surface area contributed by atoms with Crippen molar-refractivity contribution in [1.29, 1.82) is 0 Å². The maximum atomic E-state index is 12.9. The molecule has 0 aromatic carbocycles. The lowest BCUT2D eigenvalue weighted by atomic mass is 9.67. The minimum Gasteiger partial charge on any atom is -0.343 e. The number of rotatable bonds is 3. The van der Waals surface area contributed by atoms with Gasteiger partial charge in [-0.15, -0.1) is 12.4 Å². The first-order chi connectivity index (χ1) is 10.5. The summed E-state index contributed by atoms with van der Waals surface area (Å²) >= 11 is 0. The molecule has 2 N–H and O–H groups in total. The number of hydrogen-bond donors (Lipinski definition) is 2. The van der Waals surface area contributed by atoms with E-state index in [-0.39, 0.29) is 48.0 Å². The highest BCUT2D eigenvalue weighted by atomic mass is 35.5. The number of halogens is 1. The van der Waals surface area contributed by atoms with Crippen molar-refractivity contribution in [2.75, 3.05) is 13.1 Å². The van der Waals surface area contributed by atoms with Crippen molar-refractivity contribution in [3.05, 3.63) is 0 Å². The zero-order chi connectivity index (χ0) is 15.9. The van der Waals surface area contributed by atoms with Gasteiger partial charge in [0.15, 0.2) is 0 Å². The first-order valence-electron chi connectivity index (χ1n) is 8.33. The molecule has 2 aliphatic heterocycles. The highest BCUT2D eigenvalue weighted by molar-refractivity contribution is 6.07. The standard InChI is InChI=1S/C16H25N3O3.ClH/c1-10(2)19-13(20)7-12(14(19)21)18-15(22)16-6-4-3-5-11(16)8-17-9-16;/h10-12,17H,3-9H2,1-2H3,(H,18,22);1H/t11-,12?,16+;/m0./s1. The largest absolute Gasteiger partial charge is 0.343 e. The second-order valence-corrected chi connectivity index (χ2v) is 7.16. The second-order valence-electron chi connectivity index (χ2n) is 7.16. The van der Waals surface area contributed by atoms with Crippen LogP contribution in [-0.2, 0) is 14.4 Å². The Morgan fingerprint density at radius 1 is 1.35 bits per heavy atom. The SMILES string of the molecule is CC(C)N1C(=O)CC(NC(=O)[C@@]23CCCC[C@H]2CNC3)C1=O.Cl. The minimum absolute atomic E-state index is 0. The average molecular weight is 344 g/mol. The van der Waals surface area contributed by atoms with Gasteiger partial charge in [0.25, 0.3) is 5.91 Å². The van der Waals surface area contributed by atoms with Gasteiger partial charge in [-0.2, -0.15) is 0 Å². The molecule has 3 fully saturated rings. The van der Waals surface area contributed by atoms with Crippen molar-refractivity contribution >= 4 is 30.1 Å². The monoisotopic (exact) mass is 343 g/mol. The van der Waals surface area contributed by atoms with Crippen LogP contribution in [0.15, 0.2) is 0 Å². The third kappa shape index (κ3) is 2.98. The Bertz CT molecular complexity index is 511. The molecule has 7 heteroatoms. The van der Waals surface area contributed by atoms with Crippen LogP contribution in [-0.4, -0.2) is 47.8 Å². The molecule has 23 heavy (non-hydrogen) atoms. The molecule has 130 valence electrons. The molecule has 6 nitrogen and oxygen atoms in total. The number of nitrogens with one attached hydrogen (secondary N) is 2. The molecule has 0 radical (unpaired) electrons. The van der Waals surface area contributed by atoms with Crippen LogP contribution in [0.5, 0.6) is 0 Å². The predicted molar refractivity (Wildman–Crippen MR) is 88.0 cm³/mol. The Kier molecular flexibility index (Phi) is 5.36. The summed E-state index contributed by atoms with van der Waals surface area (Å²) in [7, 11) is 0. The molecule has 0 spiro atoms. The summed E-state index contributed by atoms with van der Waals surface area (Å²) in [6, 6.07) is -0.837. The van der Waals surface area contributed by atoms with E-state index in [0.717, 1.165) is 25.8 Å². The normalized spacial score (nSPS) is 33.6. The zero-order valence-electron chi connectivity index (χ0n) is 13.8. The van der Waals surface area contributed by atoms with Crippen LogP contribution < -0.4 is 10.6 Å². The van der Waals surface area contributed by atoms with Crippen molar-refractivity contribution < 1.29 is 14.4 Å². The second kappa shape index (κ2) is 6.77.